The smallest absolute Gasteiger partial charge is 0.255 e. The van der Waals surface area contributed by atoms with Crippen LogP contribution in [0.3, 0.4) is 0 Å². The van der Waals surface area contributed by atoms with Gasteiger partial charge in [-0.05, 0) is 67.9 Å². The van der Waals surface area contributed by atoms with Gasteiger partial charge in [-0.15, -0.1) is 24.8 Å². The number of hydrogen-bond donors (Lipinski definition) is 2. The molecule has 0 aliphatic heterocycles. The molecule has 0 spiro atoms. The topological polar surface area (TPSA) is 83.9 Å². The molecule has 1 atom stereocenters. The summed E-state index contributed by atoms with van der Waals surface area (Å²) in [6.45, 7) is 4.01. The van der Waals surface area contributed by atoms with Crippen LogP contribution in [-0.4, -0.2) is 60.3 Å². The van der Waals surface area contributed by atoms with Crippen LogP contribution in [0.25, 0.3) is 10.9 Å². The lowest BCUT2D eigenvalue weighted by molar-refractivity contribution is 0.0804. The molecule has 1 unspecified atom stereocenters. The fourth-order valence-corrected chi connectivity index (χ4v) is 3.88. The van der Waals surface area contributed by atoms with Crippen molar-refractivity contribution < 1.29 is 19.4 Å². The van der Waals surface area contributed by atoms with E-state index in [4.69, 9.17) is 9.47 Å². The van der Waals surface area contributed by atoms with Gasteiger partial charge in [0.2, 0.25) is 0 Å². The molecule has 39 heavy (non-hydrogen) atoms. The first-order chi connectivity index (χ1) is 18.0. The van der Waals surface area contributed by atoms with Crippen molar-refractivity contribution in [2.75, 3.05) is 33.3 Å². The molecule has 2 N–H and O–H groups in total. The number of benzene rings is 3. The molecular formula is C30H35Cl2N3O4. The van der Waals surface area contributed by atoms with E-state index < -0.39 is 6.10 Å². The maximum atomic E-state index is 12.8. The maximum absolute atomic E-state index is 12.8. The minimum absolute atomic E-state index is 0. The van der Waals surface area contributed by atoms with E-state index in [1.165, 1.54) is 0 Å². The van der Waals surface area contributed by atoms with Crippen molar-refractivity contribution in [1.29, 1.82) is 0 Å². The first-order valence-corrected chi connectivity index (χ1v) is 12.5. The summed E-state index contributed by atoms with van der Waals surface area (Å²) in [7, 11) is 1.78. The summed E-state index contributed by atoms with van der Waals surface area (Å²) in [5.41, 5.74) is 2.35. The third-order valence-corrected chi connectivity index (χ3v) is 6.09. The predicted octanol–water partition coefficient (Wildman–Crippen LogP) is 5.53. The molecular weight excluding hydrogens is 537 g/mol. The van der Waals surface area contributed by atoms with Crippen molar-refractivity contribution in [3.05, 3.63) is 96.2 Å². The van der Waals surface area contributed by atoms with E-state index >= 15 is 0 Å². The van der Waals surface area contributed by atoms with Crippen LogP contribution in [0.5, 0.6) is 17.2 Å². The van der Waals surface area contributed by atoms with E-state index in [0.717, 1.165) is 29.7 Å². The number of aliphatic hydroxyl groups excluding tert-OH is 1. The minimum atomic E-state index is -0.579. The number of carbonyl (C=O) groups excluding carboxylic acids is 1. The maximum Gasteiger partial charge on any atom is 0.255 e. The Morgan fingerprint density at radius 3 is 2.44 bits per heavy atom. The van der Waals surface area contributed by atoms with Gasteiger partial charge in [0.15, 0.2) is 0 Å². The highest BCUT2D eigenvalue weighted by molar-refractivity contribution is 6.06. The lowest BCUT2D eigenvalue weighted by Crippen LogP contribution is -2.32. The Labute approximate surface area is 242 Å². The second-order valence-corrected chi connectivity index (χ2v) is 8.81. The summed E-state index contributed by atoms with van der Waals surface area (Å²) >= 11 is 0. The third kappa shape index (κ3) is 8.83. The van der Waals surface area contributed by atoms with Gasteiger partial charge < -0.3 is 24.8 Å². The molecule has 1 amide bonds. The molecule has 3 aromatic carbocycles. The van der Waals surface area contributed by atoms with Gasteiger partial charge in [-0.25, -0.2) is 0 Å². The highest BCUT2D eigenvalue weighted by Crippen LogP contribution is 2.30. The molecule has 0 fully saturated rings. The van der Waals surface area contributed by atoms with E-state index in [9.17, 15) is 9.90 Å². The standard InChI is InChI=1S/C30H33N3O4.2ClH/c1-3-33(2)30(35)27-11-7-10-26-28(17-19-32-29(26)27)37-25-14-12-22(13-15-25)16-18-31-20-23(34)21-36-24-8-5-4-6-9-24;;/h4-15,17,19,23,31,34H,3,16,18,20-21H2,1-2H3;2*1H. The Morgan fingerprint density at radius 1 is 0.974 bits per heavy atom. The van der Waals surface area contributed by atoms with Gasteiger partial charge in [0.25, 0.3) is 5.91 Å². The number of fused-ring (bicyclic) bond motifs is 1. The number of para-hydroxylation sites is 2. The van der Waals surface area contributed by atoms with Crippen molar-refractivity contribution in [3.8, 4) is 17.2 Å². The molecule has 0 saturated carbocycles. The minimum Gasteiger partial charge on any atom is -0.491 e. The van der Waals surface area contributed by atoms with E-state index in [1.54, 1.807) is 24.2 Å². The SMILES string of the molecule is CCN(C)C(=O)c1cccc2c(Oc3ccc(CCNCC(O)COc4ccccc4)cc3)ccnc12.Cl.Cl. The van der Waals surface area contributed by atoms with Crippen LogP contribution in [0, 0.1) is 0 Å². The lowest BCUT2D eigenvalue weighted by atomic mass is 10.1. The fourth-order valence-electron chi connectivity index (χ4n) is 3.88. The quantitative estimate of drug-likeness (QED) is 0.217. The lowest BCUT2D eigenvalue weighted by Gasteiger charge is -2.16. The largest absolute Gasteiger partial charge is 0.491 e. The number of hydrogen-bond acceptors (Lipinski definition) is 6. The zero-order valence-electron chi connectivity index (χ0n) is 22.1. The molecule has 4 rings (SSSR count). The molecule has 0 saturated heterocycles. The van der Waals surface area contributed by atoms with Crippen LogP contribution in [0.2, 0.25) is 0 Å². The van der Waals surface area contributed by atoms with Gasteiger partial charge in [0.1, 0.15) is 30.0 Å². The Hall–Kier alpha value is -3.36. The van der Waals surface area contributed by atoms with Crippen LogP contribution in [0.1, 0.15) is 22.8 Å². The zero-order valence-corrected chi connectivity index (χ0v) is 23.7. The molecule has 0 aliphatic rings. The van der Waals surface area contributed by atoms with Gasteiger partial charge in [0, 0.05) is 31.7 Å². The highest BCUT2D eigenvalue weighted by atomic mass is 35.5. The van der Waals surface area contributed by atoms with E-state index in [1.807, 2.05) is 79.7 Å². The average Bonchev–Trinajstić information content (AvgIpc) is 2.94. The first-order valence-electron chi connectivity index (χ1n) is 12.5. The van der Waals surface area contributed by atoms with Crippen molar-refractivity contribution in [1.82, 2.24) is 15.2 Å². The van der Waals surface area contributed by atoms with Crippen LogP contribution in [0.4, 0.5) is 0 Å². The van der Waals surface area contributed by atoms with Crippen LogP contribution in [0.15, 0.2) is 85.1 Å². The fraction of sp³-hybridized carbons (Fsp3) is 0.267. The Kier molecular flexibility index (Phi) is 13.0. The molecule has 0 radical (unpaired) electrons. The number of carbonyl (C=O) groups is 1. The van der Waals surface area contributed by atoms with Crippen molar-refractivity contribution in [3.63, 3.8) is 0 Å². The highest BCUT2D eigenvalue weighted by Gasteiger charge is 2.16. The van der Waals surface area contributed by atoms with Crippen molar-refractivity contribution in [2.45, 2.75) is 19.4 Å². The van der Waals surface area contributed by atoms with Crippen molar-refractivity contribution in [2.24, 2.45) is 0 Å². The number of amides is 1. The number of nitrogens with one attached hydrogen (secondary N) is 1. The Morgan fingerprint density at radius 2 is 1.72 bits per heavy atom. The first kappa shape index (κ1) is 31.9. The Balaban J connectivity index is 0.00000267. The number of halogens is 2. The molecule has 0 bridgehead atoms. The van der Waals surface area contributed by atoms with Gasteiger partial charge in [-0.1, -0.05) is 36.4 Å². The Bertz CT molecular complexity index is 1310. The normalized spacial score (nSPS) is 11.2. The summed E-state index contributed by atoms with van der Waals surface area (Å²) in [6, 6.07) is 24.8. The summed E-state index contributed by atoms with van der Waals surface area (Å²) in [6.07, 6.45) is 1.91. The van der Waals surface area contributed by atoms with Crippen LogP contribution >= 0.6 is 24.8 Å². The van der Waals surface area contributed by atoms with E-state index in [2.05, 4.69) is 10.3 Å². The van der Waals surface area contributed by atoms with E-state index in [0.29, 0.717) is 35.7 Å². The number of nitrogens with zero attached hydrogens (tertiary/aromatic N) is 2. The summed E-state index contributed by atoms with van der Waals surface area (Å²) < 4.78 is 11.7. The third-order valence-electron chi connectivity index (χ3n) is 6.09. The number of aliphatic hydroxyl groups is 1. The summed E-state index contributed by atoms with van der Waals surface area (Å²) in [5, 5.41) is 14.2. The second kappa shape index (κ2) is 15.9. The summed E-state index contributed by atoms with van der Waals surface area (Å²) in [4.78, 5) is 18.9. The van der Waals surface area contributed by atoms with Crippen LogP contribution < -0.4 is 14.8 Å². The average molecular weight is 573 g/mol. The monoisotopic (exact) mass is 571 g/mol. The van der Waals surface area contributed by atoms with Gasteiger partial charge in [-0.3, -0.25) is 9.78 Å². The molecule has 208 valence electrons. The van der Waals surface area contributed by atoms with E-state index in [-0.39, 0.29) is 37.3 Å². The summed E-state index contributed by atoms with van der Waals surface area (Å²) in [5.74, 6) is 2.05. The molecule has 4 aromatic rings. The zero-order chi connectivity index (χ0) is 26.0. The molecule has 1 heterocycles. The van der Waals surface area contributed by atoms with Gasteiger partial charge >= 0.3 is 0 Å². The second-order valence-electron chi connectivity index (χ2n) is 8.81. The number of rotatable bonds is 12. The van der Waals surface area contributed by atoms with Gasteiger partial charge in [-0.2, -0.15) is 0 Å². The number of pyridine rings is 1. The molecule has 7 nitrogen and oxygen atoms in total. The predicted molar refractivity (Wildman–Crippen MR) is 160 cm³/mol. The number of ether oxygens (including phenoxy) is 2. The van der Waals surface area contributed by atoms with Gasteiger partial charge in [0.05, 0.1) is 11.1 Å². The number of aromatic nitrogens is 1. The van der Waals surface area contributed by atoms with Crippen molar-refractivity contribution >= 4 is 41.6 Å². The molecule has 1 aromatic heterocycles. The molecule has 9 heteroatoms. The molecule has 0 aliphatic carbocycles. The van der Waals surface area contributed by atoms with Crippen LogP contribution in [-0.2, 0) is 6.42 Å².